The molecular weight excluding hydrogens is 216 g/mol. The monoisotopic (exact) mass is 236 g/mol. The molecule has 0 aromatic heterocycles. The minimum absolute atomic E-state index is 0.192. The van der Waals surface area contributed by atoms with Gasteiger partial charge in [0.2, 0.25) is 0 Å². The van der Waals surface area contributed by atoms with Crippen LogP contribution in [-0.4, -0.2) is 24.4 Å². The normalized spacial score (nSPS) is 29.2. The van der Waals surface area contributed by atoms with Crippen LogP contribution in [0, 0.1) is 0 Å². The Morgan fingerprint density at radius 2 is 2.35 bits per heavy atom. The molecule has 2 atom stereocenters. The fourth-order valence-electron chi connectivity index (χ4n) is 2.59. The molecule has 0 radical (unpaired) electrons. The Bertz CT molecular complexity index is 373. The van der Waals surface area contributed by atoms with Crippen LogP contribution in [0.15, 0.2) is 24.3 Å². The third kappa shape index (κ3) is 2.61. The molecule has 2 rings (SSSR count). The van der Waals surface area contributed by atoms with Crippen LogP contribution >= 0.6 is 0 Å². The maximum Gasteiger partial charge on any atom is 0.115 e. The summed E-state index contributed by atoms with van der Waals surface area (Å²) in [5.74, 6) is 0.292. The minimum Gasteiger partial charge on any atom is -0.508 e. The number of phenolic OH excluding ortho intramolecular Hbond substituents is 1. The Morgan fingerprint density at radius 1 is 1.53 bits per heavy atom. The smallest absolute Gasteiger partial charge is 0.115 e. The zero-order chi connectivity index (χ0) is 12.3. The average molecular weight is 236 g/mol. The fourth-order valence-corrected chi connectivity index (χ4v) is 2.59. The van der Waals surface area contributed by atoms with Crippen molar-refractivity contribution in [2.75, 3.05) is 13.2 Å². The molecule has 3 nitrogen and oxygen atoms in total. The van der Waals surface area contributed by atoms with Crippen LogP contribution in [0.1, 0.15) is 32.3 Å². The van der Waals surface area contributed by atoms with Crippen molar-refractivity contribution in [3.8, 4) is 5.75 Å². The first-order valence-corrected chi connectivity index (χ1v) is 6.21. The molecule has 1 heterocycles. The molecule has 17 heavy (non-hydrogen) atoms. The molecule has 1 aliphatic heterocycles. The first-order chi connectivity index (χ1) is 8.16. The summed E-state index contributed by atoms with van der Waals surface area (Å²) in [6, 6.07) is 7.37. The Morgan fingerprint density at radius 3 is 3.00 bits per heavy atom. The van der Waals surface area contributed by atoms with Crippen LogP contribution in [0.25, 0.3) is 0 Å². The van der Waals surface area contributed by atoms with Gasteiger partial charge in [0, 0.05) is 19.4 Å². The zero-order valence-electron chi connectivity index (χ0n) is 10.5. The van der Waals surface area contributed by atoms with Crippen molar-refractivity contribution in [2.45, 2.75) is 38.4 Å². The number of hydrogen-bond donors (Lipinski definition) is 1. The molecule has 0 spiro atoms. The van der Waals surface area contributed by atoms with Gasteiger partial charge in [-0.25, -0.2) is 0 Å². The number of hydrogen-bond acceptors (Lipinski definition) is 3. The van der Waals surface area contributed by atoms with E-state index in [4.69, 9.17) is 9.47 Å². The molecule has 1 fully saturated rings. The van der Waals surface area contributed by atoms with Gasteiger partial charge < -0.3 is 14.6 Å². The van der Waals surface area contributed by atoms with Crippen molar-refractivity contribution < 1.29 is 14.6 Å². The van der Waals surface area contributed by atoms with E-state index in [1.807, 2.05) is 19.1 Å². The molecular formula is C14H20O3. The highest BCUT2D eigenvalue weighted by atomic mass is 16.5. The van der Waals surface area contributed by atoms with E-state index in [1.54, 1.807) is 12.1 Å². The lowest BCUT2D eigenvalue weighted by atomic mass is 9.83. The molecule has 0 aliphatic carbocycles. The number of aromatic hydroxyl groups is 1. The van der Waals surface area contributed by atoms with E-state index in [9.17, 15) is 5.11 Å². The lowest BCUT2D eigenvalue weighted by Crippen LogP contribution is -2.40. The van der Waals surface area contributed by atoms with Crippen molar-refractivity contribution >= 4 is 0 Å². The molecule has 0 bridgehead atoms. The van der Waals surface area contributed by atoms with Gasteiger partial charge in [-0.2, -0.15) is 0 Å². The van der Waals surface area contributed by atoms with Gasteiger partial charge in [-0.15, -0.1) is 0 Å². The molecule has 1 saturated heterocycles. The van der Waals surface area contributed by atoms with E-state index in [1.165, 1.54) is 0 Å². The van der Waals surface area contributed by atoms with Crippen molar-refractivity contribution in [2.24, 2.45) is 0 Å². The van der Waals surface area contributed by atoms with Crippen LogP contribution in [0.3, 0.4) is 0 Å². The topological polar surface area (TPSA) is 38.7 Å². The molecule has 1 aromatic carbocycles. The van der Waals surface area contributed by atoms with Crippen molar-refractivity contribution in [3.63, 3.8) is 0 Å². The Kier molecular flexibility index (Phi) is 3.69. The Balaban J connectivity index is 2.32. The molecule has 1 aromatic rings. The van der Waals surface area contributed by atoms with E-state index in [0.29, 0.717) is 19.0 Å². The number of phenols is 1. The summed E-state index contributed by atoms with van der Waals surface area (Å²) in [5, 5.41) is 9.61. The van der Waals surface area contributed by atoms with E-state index in [0.717, 1.165) is 18.4 Å². The standard InChI is InChI=1S/C14H20O3/c1-3-17-14(7-8-16-11(2)10-14)12-5-4-6-13(15)9-12/h4-6,9,11,15H,3,7-8,10H2,1-2H3. The lowest BCUT2D eigenvalue weighted by Gasteiger charge is -2.40. The maximum atomic E-state index is 9.61. The van der Waals surface area contributed by atoms with E-state index < -0.39 is 0 Å². The highest BCUT2D eigenvalue weighted by Crippen LogP contribution is 2.39. The average Bonchev–Trinajstić information content (AvgIpc) is 2.29. The van der Waals surface area contributed by atoms with E-state index in [-0.39, 0.29) is 11.7 Å². The number of ether oxygens (including phenoxy) is 2. The summed E-state index contributed by atoms with van der Waals surface area (Å²) in [7, 11) is 0. The van der Waals surface area contributed by atoms with Gasteiger partial charge in [-0.3, -0.25) is 0 Å². The Labute approximate surface area is 102 Å². The minimum atomic E-state index is -0.300. The summed E-state index contributed by atoms with van der Waals surface area (Å²) < 4.78 is 11.6. The van der Waals surface area contributed by atoms with Gasteiger partial charge in [0.15, 0.2) is 0 Å². The van der Waals surface area contributed by atoms with Gasteiger partial charge in [0.1, 0.15) is 5.75 Å². The highest BCUT2D eigenvalue weighted by molar-refractivity contribution is 5.32. The molecule has 2 unspecified atom stereocenters. The maximum absolute atomic E-state index is 9.61. The molecule has 0 amide bonds. The van der Waals surface area contributed by atoms with Crippen molar-refractivity contribution in [1.82, 2.24) is 0 Å². The van der Waals surface area contributed by atoms with Crippen molar-refractivity contribution in [1.29, 1.82) is 0 Å². The fraction of sp³-hybridized carbons (Fsp3) is 0.571. The molecule has 0 saturated carbocycles. The van der Waals surface area contributed by atoms with Crippen molar-refractivity contribution in [3.05, 3.63) is 29.8 Å². The summed E-state index contributed by atoms with van der Waals surface area (Å²) in [4.78, 5) is 0. The summed E-state index contributed by atoms with van der Waals surface area (Å²) in [6.45, 7) is 5.44. The summed E-state index contributed by atoms with van der Waals surface area (Å²) in [5.41, 5.74) is 0.750. The first-order valence-electron chi connectivity index (χ1n) is 6.21. The second-order valence-electron chi connectivity index (χ2n) is 4.61. The van der Waals surface area contributed by atoms with Crippen LogP contribution in [0.5, 0.6) is 5.75 Å². The van der Waals surface area contributed by atoms with Gasteiger partial charge in [0.05, 0.1) is 18.3 Å². The number of rotatable bonds is 3. The number of benzene rings is 1. The highest BCUT2D eigenvalue weighted by Gasteiger charge is 2.38. The summed E-state index contributed by atoms with van der Waals surface area (Å²) >= 11 is 0. The van der Waals surface area contributed by atoms with E-state index in [2.05, 4.69) is 6.92 Å². The third-order valence-corrected chi connectivity index (χ3v) is 3.32. The van der Waals surface area contributed by atoms with Gasteiger partial charge in [-0.05, 0) is 31.5 Å². The quantitative estimate of drug-likeness (QED) is 0.877. The molecule has 1 aliphatic rings. The second-order valence-corrected chi connectivity index (χ2v) is 4.61. The lowest BCUT2D eigenvalue weighted by molar-refractivity contribution is -0.136. The predicted molar refractivity (Wildman–Crippen MR) is 66.1 cm³/mol. The van der Waals surface area contributed by atoms with Gasteiger partial charge in [-0.1, -0.05) is 12.1 Å². The Hall–Kier alpha value is -1.06. The zero-order valence-corrected chi connectivity index (χ0v) is 10.5. The first kappa shape index (κ1) is 12.4. The van der Waals surface area contributed by atoms with Crippen LogP contribution in [0.4, 0.5) is 0 Å². The van der Waals surface area contributed by atoms with Crippen LogP contribution in [0.2, 0.25) is 0 Å². The molecule has 3 heteroatoms. The van der Waals surface area contributed by atoms with Gasteiger partial charge >= 0.3 is 0 Å². The predicted octanol–water partition coefficient (Wildman–Crippen LogP) is 2.82. The largest absolute Gasteiger partial charge is 0.508 e. The second kappa shape index (κ2) is 5.07. The molecule has 94 valence electrons. The molecule has 1 N–H and O–H groups in total. The van der Waals surface area contributed by atoms with E-state index >= 15 is 0 Å². The third-order valence-electron chi connectivity index (χ3n) is 3.32. The summed E-state index contributed by atoms with van der Waals surface area (Å²) in [6.07, 6.45) is 1.87. The SMILES string of the molecule is CCOC1(c2cccc(O)c2)CCOC(C)C1. The van der Waals surface area contributed by atoms with Crippen LogP contribution < -0.4 is 0 Å². The van der Waals surface area contributed by atoms with Gasteiger partial charge in [0.25, 0.3) is 0 Å². The van der Waals surface area contributed by atoms with Crippen LogP contribution in [-0.2, 0) is 15.1 Å².